The average Bonchev–Trinajstić information content (AvgIpc) is 2.75. The first-order valence-corrected chi connectivity index (χ1v) is 6.17. The van der Waals surface area contributed by atoms with Gasteiger partial charge in [0.15, 0.2) is 0 Å². The maximum absolute atomic E-state index is 12.3. The fourth-order valence-corrected chi connectivity index (χ4v) is 2.04. The van der Waals surface area contributed by atoms with Crippen molar-refractivity contribution in [3.63, 3.8) is 0 Å². The Kier molecular flexibility index (Phi) is 4.17. The normalized spacial score (nSPS) is 11.9. The van der Waals surface area contributed by atoms with Crippen LogP contribution in [0.1, 0.15) is 5.82 Å². The SMILES string of the molecule is CN(CC(F)(F)F)C(=O)Cn1c(CO)nc2ccccc21. The van der Waals surface area contributed by atoms with Crippen LogP contribution in [-0.4, -0.2) is 45.2 Å². The van der Waals surface area contributed by atoms with Gasteiger partial charge in [-0.15, -0.1) is 0 Å². The van der Waals surface area contributed by atoms with Crippen molar-refractivity contribution in [1.82, 2.24) is 14.5 Å². The largest absolute Gasteiger partial charge is 0.406 e. The number of hydrogen-bond acceptors (Lipinski definition) is 3. The molecule has 0 saturated carbocycles. The highest BCUT2D eigenvalue weighted by Gasteiger charge is 2.31. The average molecular weight is 301 g/mol. The molecule has 0 aliphatic rings. The van der Waals surface area contributed by atoms with Crippen LogP contribution in [0, 0.1) is 0 Å². The third-order valence-corrected chi connectivity index (χ3v) is 3.01. The number of aliphatic hydroxyl groups excluding tert-OH is 1. The van der Waals surface area contributed by atoms with E-state index in [9.17, 15) is 23.1 Å². The van der Waals surface area contributed by atoms with Crippen molar-refractivity contribution in [3.05, 3.63) is 30.1 Å². The topological polar surface area (TPSA) is 58.4 Å². The molecule has 0 unspecified atom stereocenters. The lowest BCUT2D eigenvalue weighted by atomic mass is 10.3. The van der Waals surface area contributed by atoms with Gasteiger partial charge >= 0.3 is 6.18 Å². The summed E-state index contributed by atoms with van der Waals surface area (Å²) in [5, 5.41) is 9.27. The number of carbonyl (C=O) groups excluding carboxylic acids is 1. The summed E-state index contributed by atoms with van der Waals surface area (Å²) in [6.07, 6.45) is -4.44. The molecule has 1 N–H and O–H groups in total. The predicted octanol–water partition coefficient (Wildman–Crippen LogP) is 1.55. The van der Waals surface area contributed by atoms with Crippen molar-refractivity contribution >= 4 is 16.9 Å². The van der Waals surface area contributed by atoms with E-state index in [2.05, 4.69) is 4.98 Å². The summed E-state index contributed by atoms with van der Waals surface area (Å²) in [5.41, 5.74) is 1.17. The summed E-state index contributed by atoms with van der Waals surface area (Å²) in [6, 6.07) is 6.87. The lowest BCUT2D eigenvalue weighted by molar-refractivity contribution is -0.158. The van der Waals surface area contributed by atoms with Gasteiger partial charge in [-0.05, 0) is 12.1 Å². The van der Waals surface area contributed by atoms with Gasteiger partial charge in [-0.25, -0.2) is 4.98 Å². The maximum atomic E-state index is 12.3. The van der Waals surface area contributed by atoms with Crippen LogP contribution in [0.25, 0.3) is 11.0 Å². The van der Waals surface area contributed by atoms with E-state index in [-0.39, 0.29) is 12.4 Å². The van der Waals surface area contributed by atoms with E-state index in [1.807, 2.05) is 0 Å². The molecule has 2 rings (SSSR count). The molecule has 5 nitrogen and oxygen atoms in total. The zero-order chi connectivity index (χ0) is 15.6. The molecule has 1 aromatic heterocycles. The van der Waals surface area contributed by atoms with Crippen LogP contribution in [0.2, 0.25) is 0 Å². The molecule has 0 spiro atoms. The highest BCUT2D eigenvalue weighted by atomic mass is 19.4. The highest BCUT2D eigenvalue weighted by molar-refractivity contribution is 5.81. The summed E-state index contributed by atoms with van der Waals surface area (Å²) in [7, 11) is 1.09. The molecule has 0 saturated heterocycles. The molecule has 0 fully saturated rings. The third kappa shape index (κ3) is 3.52. The zero-order valence-electron chi connectivity index (χ0n) is 11.3. The Bertz CT molecular complexity index is 652. The highest BCUT2D eigenvalue weighted by Crippen LogP contribution is 2.18. The first kappa shape index (κ1) is 15.3. The van der Waals surface area contributed by atoms with E-state index in [0.717, 1.165) is 7.05 Å². The van der Waals surface area contributed by atoms with Gasteiger partial charge in [0.2, 0.25) is 5.91 Å². The predicted molar refractivity (Wildman–Crippen MR) is 69.3 cm³/mol. The lowest BCUT2D eigenvalue weighted by Crippen LogP contribution is -2.37. The number of benzene rings is 1. The van der Waals surface area contributed by atoms with Crippen LogP contribution in [0.15, 0.2) is 24.3 Å². The Hall–Kier alpha value is -2.09. The van der Waals surface area contributed by atoms with Crippen molar-refractivity contribution in [2.24, 2.45) is 0 Å². The molecular formula is C13H14F3N3O2. The van der Waals surface area contributed by atoms with E-state index in [4.69, 9.17) is 0 Å². The molecule has 0 aliphatic carbocycles. The minimum Gasteiger partial charge on any atom is -0.388 e. The number of alkyl halides is 3. The number of fused-ring (bicyclic) bond motifs is 1. The quantitative estimate of drug-likeness (QED) is 0.932. The van der Waals surface area contributed by atoms with Crippen LogP contribution >= 0.6 is 0 Å². The first-order valence-electron chi connectivity index (χ1n) is 6.17. The van der Waals surface area contributed by atoms with Gasteiger partial charge in [0, 0.05) is 7.05 Å². The Morgan fingerprint density at radius 1 is 1.38 bits per heavy atom. The number of rotatable bonds is 4. The second-order valence-corrected chi connectivity index (χ2v) is 4.63. The van der Waals surface area contributed by atoms with Crippen LogP contribution in [-0.2, 0) is 17.9 Å². The number of nitrogens with zero attached hydrogens (tertiary/aromatic N) is 3. The van der Waals surface area contributed by atoms with Crippen LogP contribution in [0.4, 0.5) is 13.2 Å². The number of aromatic nitrogens is 2. The zero-order valence-corrected chi connectivity index (χ0v) is 11.3. The molecule has 0 radical (unpaired) electrons. The van der Waals surface area contributed by atoms with Gasteiger partial charge in [0.1, 0.15) is 25.5 Å². The summed E-state index contributed by atoms with van der Waals surface area (Å²) < 4.78 is 38.3. The number of hydrogen-bond donors (Lipinski definition) is 1. The fraction of sp³-hybridized carbons (Fsp3) is 0.385. The summed E-state index contributed by atoms with van der Waals surface area (Å²) in [4.78, 5) is 16.6. The lowest BCUT2D eigenvalue weighted by Gasteiger charge is -2.19. The molecule has 0 atom stereocenters. The monoisotopic (exact) mass is 301 g/mol. The minimum atomic E-state index is -4.44. The molecule has 1 aromatic carbocycles. The number of halogens is 3. The Labute approximate surface area is 118 Å². The van der Waals surface area contributed by atoms with E-state index >= 15 is 0 Å². The number of likely N-dealkylation sites (N-methyl/N-ethyl adjacent to an activating group) is 1. The van der Waals surface area contributed by atoms with Gasteiger partial charge in [-0.2, -0.15) is 13.2 Å². The number of imidazole rings is 1. The number of carbonyl (C=O) groups is 1. The third-order valence-electron chi connectivity index (χ3n) is 3.01. The molecule has 0 aliphatic heterocycles. The van der Waals surface area contributed by atoms with Gasteiger partial charge in [-0.3, -0.25) is 4.79 Å². The van der Waals surface area contributed by atoms with Crippen LogP contribution in [0.3, 0.4) is 0 Å². The van der Waals surface area contributed by atoms with Crippen LogP contribution in [0.5, 0.6) is 0 Å². The second-order valence-electron chi connectivity index (χ2n) is 4.63. The summed E-state index contributed by atoms with van der Waals surface area (Å²) in [5.74, 6) is -0.463. The van der Waals surface area contributed by atoms with Gasteiger partial charge < -0.3 is 14.6 Å². The van der Waals surface area contributed by atoms with Crippen molar-refractivity contribution in [3.8, 4) is 0 Å². The molecular weight excluding hydrogens is 287 g/mol. The van der Waals surface area contributed by atoms with Crippen LogP contribution < -0.4 is 0 Å². The number of para-hydroxylation sites is 2. The molecule has 21 heavy (non-hydrogen) atoms. The Morgan fingerprint density at radius 3 is 2.67 bits per heavy atom. The van der Waals surface area contributed by atoms with Crippen molar-refractivity contribution in [1.29, 1.82) is 0 Å². The minimum absolute atomic E-state index is 0.241. The first-order chi connectivity index (χ1) is 9.81. The summed E-state index contributed by atoms with van der Waals surface area (Å²) >= 11 is 0. The molecule has 8 heteroatoms. The van der Waals surface area contributed by atoms with Crippen molar-refractivity contribution in [2.45, 2.75) is 19.3 Å². The summed E-state index contributed by atoms with van der Waals surface area (Å²) in [6.45, 7) is -2.01. The smallest absolute Gasteiger partial charge is 0.388 e. The Morgan fingerprint density at radius 2 is 2.05 bits per heavy atom. The van der Waals surface area contributed by atoms with Gasteiger partial charge in [0.05, 0.1) is 11.0 Å². The molecule has 2 aromatic rings. The van der Waals surface area contributed by atoms with E-state index in [0.29, 0.717) is 15.9 Å². The van der Waals surface area contributed by atoms with Gasteiger partial charge in [0.25, 0.3) is 0 Å². The van der Waals surface area contributed by atoms with Crippen molar-refractivity contribution in [2.75, 3.05) is 13.6 Å². The van der Waals surface area contributed by atoms with Crippen molar-refractivity contribution < 1.29 is 23.1 Å². The molecule has 1 amide bonds. The second kappa shape index (κ2) is 5.72. The Balaban J connectivity index is 2.24. The fourth-order valence-electron chi connectivity index (χ4n) is 2.04. The maximum Gasteiger partial charge on any atom is 0.406 e. The van der Waals surface area contributed by atoms with Gasteiger partial charge in [-0.1, -0.05) is 12.1 Å². The number of aliphatic hydroxyl groups is 1. The van der Waals surface area contributed by atoms with E-state index in [1.54, 1.807) is 24.3 Å². The van der Waals surface area contributed by atoms with E-state index < -0.39 is 25.2 Å². The standard InChI is InChI=1S/C13H14F3N3O2/c1-18(8-13(14,15)16)12(21)6-19-10-5-3-2-4-9(10)17-11(19)7-20/h2-5,20H,6-8H2,1H3. The molecule has 0 bridgehead atoms. The van der Waals surface area contributed by atoms with E-state index in [1.165, 1.54) is 4.57 Å². The molecule has 114 valence electrons. The molecule has 1 heterocycles. The number of amides is 1.